The van der Waals surface area contributed by atoms with E-state index in [4.69, 9.17) is 0 Å². The van der Waals surface area contributed by atoms with Gasteiger partial charge in [0.1, 0.15) is 16.4 Å². The van der Waals surface area contributed by atoms with Gasteiger partial charge in [-0.2, -0.15) is 0 Å². The van der Waals surface area contributed by atoms with Crippen LogP contribution < -0.4 is 11.2 Å². The molecular weight excluding hydrogens is 362 g/mol. The summed E-state index contributed by atoms with van der Waals surface area (Å²) >= 11 is 0. The van der Waals surface area contributed by atoms with E-state index in [1.807, 2.05) is 0 Å². The minimum atomic E-state index is -3.10. The number of aromatic nitrogens is 4. The predicted molar refractivity (Wildman–Crippen MR) is 94.7 cm³/mol. The second-order valence-corrected chi connectivity index (χ2v) is 8.99. The van der Waals surface area contributed by atoms with E-state index in [1.165, 1.54) is 35.8 Å². The van der Waals surface area contributed by atoms with Crippen molar-refractivity contribution >= 4 is 26.9 Å². The van der Waals surface area contributed by atoms with E-state index in [-0.39, 0.29) is 23.6 Å². The highest BCUT2D eigenvalue weighted by atomic mass is 32.2. The molecule has 1 fully saturated rings. The van der Waals surface area contributed by atoms with Crippen molar-refractivity contribution in [3.05, 3.63) is 27.2 Å². The summed E-state index contributed by atoms with van der Waals surface area (Å²) in [7, 11) is -0.215. The second kappa shape index (κ2) is 6.38. The van der Waals surface area contributed by atoms with Crippen LogP contribution in [0.5, 0.6) is 0 Å². The number of piperidine rings is 1. The fraction of sp³-hybridized carbons (Fsp3) is 0.600. The van der Waals surface area contributed by atoms with Crippen LogP contribution in [0.2, 0.25) is 0 Å². The van der Waals surface area contributed by atoms with Gasteiger partial charge in [-0.3, -0.25) is 18.7 Å². The van der Waals surface area contributed by atoms with Crippen LogP contribution in [0, 0.1) is 0 Å². The number of hydrogen-bond donors (Lipinski definition) is 0. The molecule has 0 bridgehead atoms. The number of nitrogens with zero attached hydrogens (tertiary/aromatic N) is 5. The van der Waals surface area contributed by atoms with E-state index in [0.29, 0.717) is 25.9 Å². The zero-order valence-electron chi connectivity index (χ0n) is 14.9. The zero-order chi connectivity index (χ0) is 19.2. The number of carbonyl (C=O) groups is 1. The maximum absolute atomic E-state index is 12.6. The maximum atomic E-state index is 12.6. The number of carbonyl (C=O) groups excluding carboxylic acids is 1. The number of rotatable bonds is 3. The van der Waals surface area contributed by atoms with Crippen LogP contribution in [-0.4, -0.2) is 62.5 Å². The van der Waals surface area contributed by atoms with Crippen LogP contribution in [0.4, 0.5) is 0 Å². The third-order valence-electron chi connectivity index (χ3n) is 4.92. The molecular formula is C15H21N5O5S. The van der Waals surface area contributed by atoms with Gasteiger partial charge in [-0.1, -0.05) is 0 Å². The summed E-state index contributed by atoms with van der Waals surface area (Å²) in [6.07, 6.45) is 3.40. The maximum Gasteiger partial charge on any atom is 0.332 e. The van der Waals surface area contributed by atoms with Gasteiger partial charge in [-0.15, -0.1) is 0 Å². The molecule has 3 heterocycles. The number of imidazole rings is 1. The fourth-order valence-corrected chi connectivity index (χ4v) is 4.36. The Morgan fingerprint density at radius 1 is 1.19 bits per heavy atom. The van der Waals surface area contributed by atoms with Crippen LogP contribution in [-0.2, 0) is 35.3 Å². The van der Waals surface area contributed by atoms with Gasteiger partial charge < -0.3 is 9.47 Å². The number of hydrogen-bond acceptors (Lipinski definition) is 6. The van der Waals surface area contributed by atoms with Gasteiger partial charge in [0.25, 0.3) is 5.56 Å². The molecule has 0 unspecified atom stereocenters. The smallest absolute Gasteiger partial charge is 0.332 e. The molecule has 2 aromatic heterocycles. The van der Waals surface area contributed by atoms with E-state index in [9.17, 15) is 22.8 Å². The van der Waals surface area contributed by atoms with Crippen LogP contribution >= 0.6 is 0 Å². The van der Waals surface area contributed by atoms with Crippen molar-refractivity contribution < 1.29 is 13.2 Å². The monoisotopic (exact) mass is 383 g/mol. The Kier molecular flexibility index (Phi) is 4.51. The lowest BCUT2D eigenvalue weighted by molar-refractivity contribution is -0.132. The highest BCUT2D eigenvalue weighted by molar-refractivity contribution is 7.91. The zero-order valence-corrected chi connectivity index (χ0v) is 15.7. The van der Waals surface area contributed by atoms with Crippen molar-refractivity contribution in [3.63, 3.8) is 0 Å². The molecule has 1 saturated heterocycles. The van der Waals surface area contributed by atoms with Gasteiger partial charge in [0.05, 0.1) is 11.6 Å². The molecule has 0 atom stereocenters. The van der Waals surface area contributed by atoms with Crippen molar-refractivity contribution in [2.75, 3.05) is 19.3 Å². The molecule has 0 aromatic carbocycles. The van der Waals surface area contributed by atoms with E-state index in [0.717, 1.165) is 4.57 Å². The van der Waals surface area contributed by atoms with Crippen molar-refractivity contribution in [2.45, 2.75) is 24.6 Å². The topological polar surface area (TPSA) is 116 Å². The largest absolute Gasteiger partial charge is 0.341 e. The van der Waals surface area contributed by atoms with Crippen LogP contribution in [0.15, 0.2) is 15.9 Å². The Hall–Kier alpha value is -2.43. The van der Waals surface area contributed by atoms with Crippen molar-refractivity contribution in [3.8, 4) is 0 Å². The standard InChI is InChI=1S/C15H21N5O5S/c1-17-13-12(14(22)18(2)15(17)23)20(9-16-13)8-11(21)19-6-4-10(5-7-19)26(3,24)25/h9-10H,4-8H2,1-3H3. The molecule has 1 aliphatic heterocycles. The molecule has 142 valence electrons. The molecule has 11 heteroatoms. The van der Waals surface area contributed by atoms with Gasteiger partial charge in [-0.05, 0) is 12.8 Å². The summed E-state index contributed by atoms with van der Waals surface area (Å²) in [4.78, 5) is 42.6. The normalized spacial score (nSPS) is 16.3. The van der Waals surface area contributed by atoms with Crippen LogP contribution in [0.3, 0.4) is 0 Å². The predicted octanol–water partition coefficient (Wildman–Crippen LogP) is -1.53. The van der Waals surface area contributed by atoms with Gasteiger partial charge in [-0.25, -0.2) is 18.2 Å². The molecule has 3 rings (SSSR count). The Bertz CT molecular complexity index is 1090. The fourth-order valence-electron chi connectivity index (χ4n) is 3.30. The van der Waals surface area contributed by atoms with E-state index >= 15 is 0 Å². The molecule has 0 aliphatic carbocycles. The first kappa shape index (κ1) is 18.4. The molecule has 26 heavy (non-hydrogen) atoms. The molecule has 1 amide bonds. The Morgan fingerprint density at radius 2 is 1.81 bits per heavy atom. The third kappa shape index (κ3) is 3.06. The van der Waals surface area contributed by atoms with Gasteiger partial charge in [0, 0.05) is 33.4 Å². The van der Waals surface area contributed by atoms with Crippen molar-refractivity contribution in [1.29, 1.82) is 0 Å². The lowest BCUT2D eigenvalue weighted by Gasteiger charge is -2.31. The summed E-state index contributed by atoms with van der Waals surface area (Å²) in [5.74, 6) is -0.216. The average Bonchev–Trinajstić information content (AvgIpc) is 3.01. The number of likely N-dealkylation sites (tertiary alicyclic amines) is 1. The first-order valence-electron chi connectivity index (χ1n) is 8.18. The summed E-state index contributed by atoms with van der Waals surface area (Å²) in [6, 6.07) is 0. The van der Waals surface area contributed by atoms with E-state index < -0.39 is 26.3 Å². The number of amides is 1. The van der Waals surface area contributed by atoms with E-state index in [1.54, 1.807) is 4.90 Å². The summed E-state index contributed by atoms with van der Waals surface area (Å²) in [6.45, 7) is 0.632. The van der Waals surface area contributed by atoms with Crippen molar-refractivity contribution in [1.82, 2.24) is 23.6 Å². The van der Waals surface area contributed by atoms with Gasteiger partial charge in [0.15, 0.2) is 11.2 Å². The summed E-state index contributed by atoms with van der Waals surface area (Å²) in [5.41, 5.74) is -0.582. The summed E-state index contributed by atoms with van der Waals surface area (Å²) in [5, 5.41) is -0.414. The lowest BCUT2D eigenvalue weighted by atomic mass is 10.1. The minimum absolute atomic E-state index is 0.0898. The third-order valence-corrected chi connectivity index (χ3v) is 6.61. The Balaban J connectivity index is 1.83. The lowest BCUT2D eigenvalue weighted by Crippen LogP contribution is -2.43. The first-order valence-corrected chi connectivity index (χ1v) is 10.1. The highest BCUT2D eigenvalue weighted by Gasteiger charge is 2.29. The number of aryl methyl sites for hydroxylation is 1. The molecule has 0 N–H and O–H groups in total. The molecule has 1 aliphatic rings. The van der Waals surface area contributed by atoms with Crippen molar-refractivity contribution in [2.24, 2.45) is 14.1 Å². The first-order chi connectivity index (χ1) is 12.1. The van der Waals surface area contributed by atoms with Crippen LogP contribution in [0.25, 0.3) is 11.2 Å². The van der Waals surface area contributed by atoms with Gasteiger partial charge >= 0.3 is 5.69 Å². The van der Waals surface area contributed by atoms with E-state index in [2.05, 4.69) is 4.98 Å². The minimum Gasteiger partial charge on any atom is -0.341 e. The second-order valence-electron chi connectivity index (χ2n) is 6.66. The average molecular weight is 383 g/mol. The molecule has 0 saturated carbocycles. The molecule has 2 aromatic rings. The quantitative estimate of drug-likeness (QED) is 0.635. The SMILES string of the molecule is Cn1c(=O)c2c(ncn2CC(=O)N2CCC(S(C)(=O)=O)CC2)n(C)c1=O. The molecule has 10 nitrogen and oxygen atoms in total. The van der Waals surface area contributed by atoms with Crippen LogP contribution in [0.1, 0.15) is 12.8 Å². The summed E-state index contributed by atoms with van der Waals surface area (Å²) < 4.78 is 26.9. The number of sulfone groups is 1. The highest BCUT2D eigenvalue weighted by Crippen LogP contribution is 2.17. The molecule has 0 radical (unpaired) electrons. The Labute approximate surface area is 149 Å². The Morgan fingerprint density at radius 3 is 2.38 bits per heavy atom. The number of fused-ring (bicyclic) bond motifs is 1. The molecule has 0 spiro atoms. The van der Waals surface area contributed by atoms with Gasteiger partial charge in [0.2, 0.25) is 5.91 Å².